The number of benzene rings is 2. The Morgan fingerprint density at radius 2 is 1.77 bits per heavy atom. The van der Waals surface area contributed by atoms with Crippen LogP contribution in [0.1, 0.15) is 34.6 Å². The predicted octanol–water partition coefficient (Wildman–Crippen LogP) is 3.31. The Kier molecular flexibility index (Phi) is 5.69. The van der Waals surface area contributed by atoms with Crippen LogP contribution >= 0.6 is 0 Å². The largest absolute Gasteiger partial charge is 0.497 e. The molecule has 1 unspecified atom stereocenters. The van der Waals surface area contributed by atoms with Gasteiger partial charge in [-0.1, -0.05) is 12.1 Å². The second kappa shape index (κ2) is 8.43. The van der Waals surface area contributed by atoms with Crippen molar-refractivity contribution in [1.82, 2.24) is 9.80 Å². The Labute approximate surface area is 180 Å². The molecule has 4 rings (SSSR count). The van der Waals surface area contributed by atoms with Crippen LogP contribution in [-0.2, 0) is 0 Å². The summed E-state index contributed by atoms with van der Waals surface area (Å²) in [5.74, 6) is 1.13. The summed E-state index contributed by atoms with van der Waals surface area (Å²) >= 11 is 0. The Bertz CT molecular complexity index is 1170. The molecule has 0 aliphatic carbocycles. The molecule has 0 N–H and O–H groups in total. The lowest BCUT2D eigenvalue weighted by Crippen LogP contribution is -2.35. The van der Waals surface area contributed by atoms with Gasteiger partial charge in [-0.15, -0.1) is 0 Å². The Morgan fingerprint density at radius 1 is 1.06 bits per heavy atom. The first-order valence-corrected chi connectivity index (χ1v) is 10.3. The molecule has 31 heavy (non-hydrogen) atoms. The quantitative estimate of drug-likeness (QED) is 0.582. The minimum absolute atomic E-state index is 0.103. The average molecular weight is 422 g/mol. The molecule has 1 aliphatic rings. The highest BCUT2D eigenvalue weighted by atomic mass is 16.5. The summed E-state index contributed by atoms with van der Waals surface area (Å²) in [5.41, 5.74) is 1.38. The molecule has 3 aromatic rings. The van der Waals surface area contributed by atoms with Crippen LogP contribution in [0.3, 0.4) is 0 Å². The Hall–Kier alpha value is -3.32. The molecule has 1 aromatic heterocycles. The lowest BCUT2D eigenvalue weighted by Gasteiger charge is -2.26. The van der Waals surface area contributed by atoms with Crippen molar-refractivity contribution in [1.29, 1.82) is 0 Å². The van der Waals surface area contributed by atoms with Gasteiger partial charge in [0.15, 0.2) is 5.43 Å². The van der Waals surface area contributed by atoms with E-state index in [9.17, 15) is 9.59 Å². The number of likely N-dealkylation sites (N-methyl/N-ethyl adjacent to an activating group) is 1. The molecule has 0 fully saturated rings. The minimum Gasteiger partial charge on any atom is -0.497 e. The Balaban J connectivity index is 1.88. The van der Waals surface area contributed by atoms with Crippen LogP contribution in [0.2, 0.25) is 0 Å². The SMILES string of the molecule is CCOc1ccc2c(=O)c3c(oc2c1)C(=O)N(CCN(C)C)C3c1ccc(OC)cc1. The molecule has 1 atom stereocenters. The topological polar surface area (TPSA) is 72.2 Å². The van der Waals surface area contributed by atoms with E-state index in [1.54, 1.807) is 30.2 Å². The first-order chi connectivity index (χ1) is 14.9. The van der Waals surface area contributed by atoms with Crippen LogP contribution in [0.15, 0.2) is 51.7 Å². The number of hydrogen-bond acceptors (Lipinski definition) is 6. The lowest BCUT2D eigenvalue weighted by atomic mass is 9.98. The maximum atomic E-state index is 13.5. The van der Waals surface area contributed by atoms with E-state index in [1.165, 1.54) is 0 Å². The number of methoxy groups -OCH3 is 1. The fourth-order valence-corrected chi connectivity index (χ4v) is 3.93. The second-order valence-electron chi connectivity index (χ2n) is 7.74. The van der Waals surface area contributed by atoms with Gasteiger partial charge in [-0.3, -0.25) is 9.59 Å². The maximum absolute atomic E-state index is 13.5. The molecular weight excluding hydrogens is 396 g/mol. The van der Waals surface area contributed by atoms with E-state index < -0.39 is 6.04 Å². The Morgan fingerprint density at radius 3 is 2.42 bits per heavy atom. The number of fused-ring (bicyclic) bond motifs is 2. The van der Waals surface area contributed by atoms with E-state index >= 15 is 0 Å². The standard InChI is InChI=1S/C24H26N2O5/c1-5-30-17-10-11-18-19(14-17)31-23-20(22(18)27)21(15-6-8-16(29-4)9-7-15)26(24(23)28)13-12-25(2)3/h6-11,14,21H,5,12-13H2,1-4H3. The first kappa shape index (κ1) is 20.9. The normalized spacial score (nSPS) is 15.6. The van der Waals surface area contributed by atoms with Crippen molar-refractivity contribution in [2.45, 2.75) is 13.0 Å². The van der Waals surface area contributed by atoms with Crippen molar-refractivity contribution < 1.29 is 18.7 Å². The number of rotatable bonds is 7. The highest BCUT2D eigenvalue weighted by Crippen LogP contribution is 2.38. The summed E-state index contributed by atoms with van der Waals surface area (Å²) in [5, 5.41) is 0.433. The third-order valence-electron chi connectivity index (χ3n) is 5.47. The van der Waals surface area contributed by atoms with E-state index in [2.05, 4.69) is 0 Å². The lowest BCUT2D eigenvalue weighted by molar-refractivity contribution is 0.0716. The van der Waals surface area contributed by atoms with Crippen LogP contribution in [0.25, 0.3) is 11.0 Å². The monoisotopic (exact) mass is 422 g/mol. The van der Waals surface area contributed by atoms with Crippen LogP contribution in [0.5, 0.6) is 11.5 Å². The predicted molar refractivity (Wildman–Crippen MR) is 118 cm³/mol. The highest BCUT2D eigenvalue weighted by Gasteiger charge is 2.42. The van der Waals surface area contributed by atoms with Crippen molar-refractivity contribution in [3.05, 3.63) is 69.6 Å². The van der Waals surface area contributed by atoms with Gasteiger partial charge >= 0.3 is 0 Å². The molecule has 1 amide bonds. The van der Waals surface area contributed by atoms with Crippen molar-refractivity contribution in [2.24, 2.45) is 0 Å². The third-order valence-corrected chi connectivity index (χ3v) is 5.47. The number of carbonyl (C=O) groups excluding carboxylic acids is 1. The van der Waals surface area contributed by atoms with E-state index in [0.717, 1.165) is 5.56 Å². The molecule has 162 valence electrons. The first-order valence-electron chi connectivity index (χ1n) is 10.3. The summed E-state index contributed by atoms with van der Waals surface area (Å²) in [4.78, 5) is 30.6. The smallest absolute Gasteiger partial charge is 0.290 e. The zero-order valence-electron chi connectivity index (χ0n) is 18.2. The third kappa shape index (κ3) is 3.77. The van der Waals surface area contributed by atoms with Gasteiger partial charge in [0.2, 0.25) is 5.76 Å². The molecule has 2 heterocycles. The van der Waals surface area contributed by atoms with Crippen molar-refractivity contribution in [2.75, 3.05) is 40.9 Å². The van der Waals surface area contributed by atoms with Crippen molar-refractivity contribution >= 4 is 16.9 Å². The maximum Gasteiger partial charge on any atom is 0.290 e. The van der Waals surface area contributed by atoms with Crippen LogP contribution < -0.4 is 14.9 Å². The van der Waals surface area contributed by atoms with E-state index in [-0.39, 0.29) is 17.1 Å². The molecule has 2 aromatic carbocycles. The van der Waals surface area contributed by atoms with Gasteiger partial charge in [0.05, 0.1) is 30.7 Å². The van der Waals surface area contributed by atoms with E-state index in [1.807, 2.05) is 50.2 Å². The summed E-state index contributed by atoms with van der Waals surface area (Å²) in [6.45, 7) is 3.51. The summed E-state index contributed by atoms with van der Waals surface area (Å²) in [7, 11) is 5.50. The molecular formula is C24H26N2O5. The zero-order valence-corrected chi connectivity index (χ0v) is 18.2. The van der Waals surface area contributed by atoms with Gasteiger partial charge in [0, 0.05) is 19.2 Å². The number of hydrogen-bond donors (Lipinski definition) is 0. The zero-order chi connectivity index (χ0) is 22.1. The number of amides is 1. The van der Waals surface area contributed by atoms with Gasteiger partial charge in [0.1, 0.15) is 17.1 Å². The summed E-state index contributed by atoms with van der Waals surface area (Å²) in [6, 6.07) is 12.0. The molecule has 0 saturated heterocycles. The molecule has 0 saturated carbocycles. The molecule has 0 spiro atoms. The number of carbonyl (C=O) groups is 1. The van der Waals surface area contributed by atoms with Crippen molar-refractivity contribution in [3.63, 3.8) is 0 Å². The van der Waals surface area contributed by atoms with E-state index in [0.29, 0.717) is 47.7 Å². The summed E-state index contributed by atoms with van der Waals surface area (Å²) < 4.78 is 16.8. The van der Waals surface area contributed by atoms with Gasteiger partial charge < -0.3 is 23.7 Å². The van der Waals surface area contributed by atoms with Gasteiger partial charge in [0.25, 0.3) is 5.91 Å². The number of ether oxygens (including phenoxy) is 2. The van der Waals surface area contributed by atoms with Crippen molar-refractivity contribution in [3.8, 4) is 11.5 Å². The fraction of sp³-hybridized carbons (Fsp3) is 0.333. The van der Waals surface area contributed by atoms with Crippen LogP contribution in [0.4, 0.5) is 0 Å². The fourth-order valence-electron chi connectivity index (χ4n) is 3.93. The molecule has 1 aliphatic heterocycles. The molecule has 7 heteroatoms. The molecule has 0 bridgehead atoms. The van der Waals surface area contributed by atoms with Gasteiger partial charge in [-0.2, -0.15) is 0 Å². The average Bonchev–Trinajstić information content (AvgIpc) is 3.04. The molecule has 7 nitrogen and oxygen atoms in total. The van der Waals surface area contributed by atoms with E-state index in [4.69, 9.17) is 13.9 Å². The minimum atomic E-state index is -0.513. The second-order valence-corrected chi connectivity index (χ2v) is 7.74. The molecule has 0 radical (unpaired) electrons. The van der Waals surface area contributed by atoms with Gasteiger partial charge in [-0.05, 0) is 50.8 Å². The number of nitrogens with zero attached hydrogens (tertiary/aromatic N) is 2. The van der Waals surface area contributed by atoms with Crippen LogP contribution in [0, 0.1) is 0 Å². The highest BCUT2D eigenvalue weighted by molar-refractivity contribution is 5.99. The summed E-state index contributed by atoms with van der Waals surface area (Å²) in [6.07, 6.45) is 0. The van der Waals surface area contributed by atoms with Gasteiger partial charge in [-0.25, -0.2) is 0 Å². The van der Waals surface area contributed by atoms with Crippen LogP contribution in [-0.4, -0.2) is 56.6 Å².